The molecule has 2 heterocycles. The van der Waals surface area contributed by atoms with Gasteiger partial charge in [-0.25, -0.2) is 0 Å². The first kappa shape index (κ1) is 12.2. The third-order valence-corrected chi connectivity index (χ3v) is 3.78. The lowest BCUT2D eigenvalue weighted by molar-refractivity contribution is 0.820. The molecule has 0 aliphatic carbocycles. The standard InChI is InChI=1S/C14H13BrN4/c15-11-8-17-19-13(16)7-10-6-12(11)18-14(10)9-4-2-1-3-5-9/h1-5,7-8,10,19H,6,16H2/b12-11-,13-7-,17-8-. The lowest BCUT2D eigenvalue weighted by Crippen LogP contribution is -2.18. The minimum absolute atomic E-state index is 0.180. The second-order valence-electron chi connectivity index (χ2n) is 4.46. The Morgan fingerprint density at radius 1 is 1.26 bits per heavy atom. The molecular formula is C14H13BrN4. The Morgan fingerprint density at radius 3 is 2.84 bits per heavy atom. The van der Waals surface area contributed by atoms with E-state index in [9.17, 15) is 0 Å². The van der Waals surface area contributed by atoms with Crippen LogP contribution in [0.1, 0.15) is 12.0 Å². The van der Waals surface area contributed by atoms with Gasteiger partial charge in [-0.3, -0.25) is 10.4 Å². The molecule has 0 saturated carbocycles. The van der Waals surface area contributed by atoms with Crippen LogP contribution in [0.4, 0.5) is 0 Å². The molecular weight excluding hydrogens is 304 g/mol. The number of rotatable bonds is 1. The smallest absolute Gasteiger partial charge is 0.113 e. The number of hydrazone groups is 1. The average molecular weight is 317 g/mol. The number of hydrogen-bond acceptors (Lipinski definition) is 4. The summed E-state index contributed by atoms with van der Waals surface area (Å²) >= 11 is 3.50. The summed E-state index contributed by atoms with van der Waals surface area (Å²) in [5.41, 5.74) is 11.9. The van der Waals surface area contributed by atoms with Crippen LogP contribution in [-0.2, 0) is 0 Å². The number of nitrogens with one attached hydrogen (secondary N) is 1. The van der Waals surface area contributed by atoms with Crippen molar-refractivity contribution in [3.63, 3.8) is 0 Å². The van der Waals surface area contributed by atoms with Gasteiger partial charge in [-0.1, -0.05) is 30.3 Å². The van der Waals surface area contributed by atoms with Crippen LogP contribution in [-0.4, -0.2) is 11.9 Å². The van der Waals surface area contributed by atoms with E-state index in [1.54, 1.807) is 6.21 Å². The van der Waals surface area contributed by atoms with Crippen LogP contribution in [0.2, 0.25) is 0 Å². The second-order valence-corrected chi connectivity index (χ2v) is 5.31. The Bertz CT molecular complexity index is 614. The van der Waals surface area contributed by atoms with E-state index in [-0.39, 0.29) is 5.92 Å². The first-order chi connectivity index (χ1) is 9.24. The summed E-state index contributed by atoms with van der Waals surface area (Å²) in [7, 11) is 0. The van der Waals surface area contributed by atoms with Gasteiger partial charge in [0.25, 0.3) is 0 Å². The maximum atomic E-state index is 5.89. The fraction of sp³-hybridized carbons (Fsp3) is 0.143. The highest BCUT2D eigenvalue weighted by atomic mass is 79.9. The van der Waals surface area contributed by atoms with Crippen molar-refractivity contribution in [3.8, 4) is 0 Å². The highest BCUT2D eigenvalue weighted by Crippen LogP contribution is 2.32. The Hall–Kier alpha value is -1.88. The summed E-state index contributed by atoms with van der Waals surface area (Å²) in [6, 6.07) is 10.2. The zero-order valence-corrected chi connectivity index (χ0v) is 11.8. The summed E-state index contributed by atoms with van der Waals surface area (Å²) in [5, 5.41) is 4.03. The van der Waals surface area contributed by atoms with E-state index in [1.807, 2.05) is 24.3 Å². The Labute approximate surface area is 119 Å². The quantitative estimate of drug-likeness (QED) is 0.836. The molecule has 0 spiro atoms. The molecule has 3 N–H and O–H groups in total. The Kier molecular flexibility index (Phi) is 3.21. The van der Waals surface area contributed by atoms with Crippen molar-refractivity contribution in [1.29, 1.82) is 0 Å². The van der Waals surface area contributed by atoms with Crippen molar-refractivity contribution in [2.24, 2.45) is 21.7 Å². The topological polar surface area (TPSA) is 62.8 Å². The lowest BCUT2D eigenvalue weighted by Gasteiger charge is -2.09. The monoisotopic (exact) mass is 316 g/mol. The highest BCUT2D eigenvalue weighted by Gasteiger charge is 2.26. The van der Waals surface area contributed by atoms with Crippen LogP contribution in [0.5, 0.6) is 0 Å². The number of fused-ring (bicyclic) bond motifs is 2. The number of nitrogens with zero attached hydrogens (tertiary/aromatic N) is 2. The van der Waals surface area contributed by atoms with Gasteiger partial charge >= 0.3 is 0 Å². The molecule has 3 rings (SSSR count). The number of halogens is 1. The molecule has 1 aromatic rings. The van der Waals surface area contributed by atoms with Crippen LogP contribution in [0, 0.1) is 5.92 Å². The summed E-state index contributed by atoms with van der Waals surface area (Å²) < 4.78 is 0.888. The molecule has 1 atom stereocenters. The maximum Gasteiger partial charge on any atom is 0.113 e. The lowest BCUT2D eigenvalue weighted by atomic mass is 9.95. The van der Waals surface area contributed by atoms with Gasteiger partial charge in [-0.15, -0.1) is 0 Å². The van der Waals surface area contributed by atoms with Gasteiger partial charge in [-0.2, -0.15) is 5.10 Å². The van der Waals surface area contributed by atoms with Gasteiger partial charge in [0.2, 0.25) is 0 Å². The van der Waals surface area contributed by atoms with Gasteiger partial charge < -0.3 is 5.73 Å². The van der Waals surface area contributed by atoms with Gasteiger partial charge in [-0.05, 0) is 27.6 Å². The van der Waals surface area contributed by atoms with E-state index in [0.717, 1.165) is 27.9 Å². The average Bonchev–Trinajstić information content (AvgIpc) is 2.85. The molecule has 96 valence electrons. The predicted molar refractivity (Wildman–Crippen MR) is 80.9 cm³/mol. The van der Waals surface area contributed by atoms with Gasteiger partial charge in [0.15, 0.2) is 0 Å². The van der Waals surface area contributed by atoms with E-state index >= 15 is 0 Å². The normalized spacial score (nSPS) is 30.3. The molecule has 4 nitrogen and oxygen atoms in total. The van der Waals surface area contributed by atoms with E-state index in [1.165, 1.54) is 0 Å². The molecule has 1 aromatic carbocycles. The third kappa shape index (κ3) is 2.46. The third-order valence-electron chi connectivity index (χ3n) is 3.12. The molecule has 0 amide bonds. The minimum Gasteiger partial charge on any atom is -0.384 e. The molecule has 2 aliphatic rings. The molecule has 0 radical (unpaired) electrons. The number of benzene rings is 1. The largest absolute Gasteiger partial charge is 0.384 e. The SMILES string of the molecule is N/C1=C/C2C/C(=C(Br)\C=N/N1)N=C2c1ccccc1. The van der Waals surface area contributed by atoms with E-state index < -0.39 is 0 Å². The molecule has 1 unspecified atom stereocenters. The summed E-state index contributed by atoms with van der Waals surface area (Å²) in [5.74, 6) is 0.729. The fourth-order valence-corrected chi connectivity index (χ4v) is 2.60. The van der Waals surface area contributed by atoms with Crippen LogP contribution in [0.25, 0.3) is 0 Å². The van der Waals surface area contributed by atoms with Crippen LogP contribution in [0.3, 0.4) is 0 Å². The van der Waals surface area contributed by atoms with Crippen LogP contribution < -0.4 is 11.2 Å². The summed E-state index contributed by atoms with van der Waals surface area (Å²) in [4.78, 5) is 4.73. The maximum absolute atomic E-state index is 5.89. The van der Waals surface area contributed by atoms with Gasteiger partial charge in [0.05, 0.1) is 22.1 Å². The van der Waals surface area contributed by atoms with Crippen molar-refractivity contribution in [2.75, 3.05) is 0 Å². The second kappa shape index (κ2) is 5.01. The van der Waals surface area contributed by atoms with Crippen LogP contribution in [0.15, 0.2) is 62.5 Å². The van der Waals surface area contributed by atoms with Crippen molar-refractivity contribution < 1.29 is 0 Å². The first-order valence-corrected chi connectivity index (χ1v) is 6.82. The number of aliphatic imine (C=N–C) groups is 1. The van der Waals surface area contributed by atoms with E-state index in [2.05, 4.69) is 38.6 Å². The fourth-order valence-electron chi connectivity index (χ4n) is 2.25. The minimum atomic E-state index is 0.180. The highest BCUT2D eigenvalue weighted by molar-refractivity contribution is 9.12. The van der Waals surface area contributed by atoms with Gasteiger partial charge in [0, 0.05) is 12.3 Å². The molecule has 19 heavy (non-hydrogen) atoms. The van der Waals surface area contributed by atoms with Crippen molar-refractivity contribution >= 4 is 27.9 Å². The Balaban J connectivity index is 2.10. The zero-order valence-electron chi connectivity index (χ0n) is 10.2. The van der Waals surface area contributed by atoms with E-state index in [0.29, 0.717) is 5.82 Å². The molecule has 0 fully saturated rings. The molecule has 0 aromatic heterocycles. The van der Waals surface area contributed by atoms with E-state index in [4.69, 9.17) is 10.7 Å². The van der Waals surface area contributed by atoms with Crippen molar-refractivity contribution in [1.82, 2.24) is 5.43 Å². The molecule has 2 aliphatic heterocycles. The molecule has 2 bridgehead atoms. The summed E-state index contributed by atoms with van der Waals surface area (Å²) in [6.45, 7) is 0. The number of hydrogen-bond donors (Lipinski definition) is 2. The van der Waals surface area contributed by atoms with Crippen molar-refractivity contribution in [3.05, 3.63) is 58.0 Å². The first-order valence-electron chi connectivity index (χ1n) is 6.03. The predicted octanol–water partition coefficient (Wildman–Crippen LogP) is 2.49. The Morgan fingerprint density at radius 2 is 2.05 bits per heavy atom. The zero-order chi connectivity index (χ0) is 13.2. The van der Waals surface area contributed by atoms with Crippen LogP contribution >= 0.6 is 15.9 Å². The van der Waals surface area contributed by atoms with Crippen molar-refractivity contribution in [2.45, 2.75) is 6.42 Å². The number of nitrogens with two attached hydrogens (primary N) is 1. The summed E-state index contributed by atoms with van der Waals surface area (Å²) in [6.07, 6.45) is 4.50. The van der Waals surface area contributed by atoms with Gasteiger partial charge in [0.1, 0.15) is 5.82 Å². The molecule has 5 heteroatoms. The number of allylic oxidation sites excluding steroid dienone is 3. The molecule has 0 saturated heterocycles.